The van der Waals surface area contributed by atoms with Crippen molar-refractivity contribution in [1.29, 1.82) is 0 Å². The highest BCUT2D eigenvalue weighted by Gasteiger charge is 2.27. The Balaban J connectivity index is 1.54. The zero-order chi connectivity index (χ0) is 27.5. The second-order valence-corrected chi connectivity index (χ2v) is 11.5. The van der Waals surface area contributed by atoms with Crippen LogP contribution in [0.4, 0.5) is 4.39 Å². The van der Waals surface area contributed by atoms with Crippen LogP contribution in [0.1, 0.15) is 24.4 Å². The van der Waals surface area contributed by atoms with E-state index in [-0.39, 0.29) is 18.1 Å². The quantitative estimate of drug-likeness (QED) is 0.209. The van der Waals surface area contributed by atoms with Gasteiger partial charge in [0.25, 0.3) is 0 Å². The Hall–Kier alpha value is -2.40. The van der Waals surface area contributed by atoms with Gasteiger partial charge in [-0.2, -0.15) is 0 Å². The predicted octanol–water partition coefficient (Wildman–Crippen LogP) is 6.73. The molecule has 6 nitrogen and oxygen atoms in total. The predicted molar refractivity (Wildman–Crippen MR) is 157 cm³/mol. The molecule has 1 saturated heterocycles. The SMILES string of the molecule is CC(c1nc2ccsc2c(=S)n1-c1ccc(F)cc1)N(CCN1CCOCC1)C(=O)Cc1ccc(Cl)c(Cl)c1. The summed E-state index contributed by atoms with van der Waals surface area (Å²) in [6, 6.07) is 12.9. The van der Waals surface area contributed by atoms with Crippen molar-refractivity contribution in [2.75, 3.05) is 39.4 Å². The van der Waals surface area contributed by atoms with Gasteiger partial charge in [-0.3, -0.25) is 14.3 Å². The van der Waals surface area contributed by atoms with Gasteiger partial charge in [0.05, 0.1) is 45.9 Å². The van der Waals surface area contributed by atoms with E-state index in [1.807, 2.05) is 33.9 Å². The minimum Gasteiger partial charge on any atom is -0.379 e. The topological polar surface area (TPSA) is 50.6 Å². The summed E-state index contributed by atoms with van der Waals surface area (Å²) >= 11 is 19.7. The van der Waals surface area contributed by atoms with Crippen LogP contribution < -0.4 is 0 Å². The lowest BCUT2D eigenvalue weighted by Gasteiger charge is -2.34. The first-order chi connectivity index (χ1) is 18.8. The molecule has 2 aromatic heterocycles. The molecule has 204 valence electrons. The van der Waals surface area contributed by atoms with Gasteiger partial charge in [-0.1, -0.05) is 41.5 Å². The van der Waals surface area contributed by atoms with Gasteiger partial charge in [-0.15, -0.1) is 11.3 Å². The van der Waals surface area contributed by atoms with Gasteiger partial charge >= 0.3 is 0 Å². The van der Waals surface area contributed by atoms with Gasteiger partial charge in [0.15, 0.2) is 0 Å². The summed E-state index contributed by atoms with van der Waals surface area (Å²) in [4.78, 5) is 23.0. The van der Waals surface area contributed by atoms with Crippen LogP contribution in [0.5, 0.6) is 0 Å². The van der Waals surface area contributed by atoms with E-state index in [1.165, 1.54) is 23.5 Å². The molecule has 0 radical (unpaired) electrons. The van der Waals surface area contributed by atoms with Gasteiger partial charge in [0.1, 0.15) is 16.3 Å². The molecular formula is C28H27Cl2FN4O2S2. The molecule has 0 spiro atoms. The largest absolute Gasteiger partial charge is 0.379 e. The smallest absolute Gasteiger partial charge is 0.227 e. The van der Waals surface area contributed by atoms with Crippen molar-refractivity contribution in [2.45, 2.75) is 19.4 Å². The van der Waals surface area contributed by atoms with Crippen LogP contribution in [0.15, 0.2) is 53.9 Å². The van der Waals surface area contributed by atoms with E-state index >= 15 is 0 Å². The number of fused-ring (bicyclic) bond motifs is 1. The molecule has 0 aliphatic carbocycles. The van der Waals surface area contributed by atoms with E-state index in [1.54, 1.807) is 24.3 Å². The molecule has 1 atom stereocenters. The van der Waals surface area contributed by atoms with E-state index < -0.39 is 6.04 Å². The molecular weight excluding hydrogens is 578 g/mol. The minimum absolute atomic E-state index is 0.0714. The van der Waals surface area contributed by atoms with Gasteiger partial charge in [-0.05, 0) is 60.3 Å². The van der Waals surface area contributed by atoms with Crippen LogP contribution in [-0.2, 0) is 16.0 Å². The third-order valence-corrected chi connectivity index (χ3v) is 9.02. The fourth-order valence-corrected chi connectivity index (χ4v) is 6.25. The Bertz CT molecular complexity index is 1540. The molecule has 0 bridgehead atoms. The van der Waals surface area contributed by atoms with Gasteiger partial charge in [-0.25, -0.2) is 9.37 Å². The molecule has 1 aliphatic heterocycles. The lowest BCUT2D eigenvalue weighted by molar-refractivity contribution is -0.133. The maximum atomic E-state index is 13.9. The van der Waals surface area contributed by atoms with Crippen LogP contribution in [-0.4, -0.2) is 64.7 Å². The van der Waals surface area contributed by atoms with Crippen molar-refractivity contribution in [3.63, 3.8) is 0 Å². The fraction of sp³-hybridized carbons (Fsp3) is 0.321. The Kier molecular flexibility index (Phi) is 8.96. The molecule has 1 unspecified atom stereocenters. The summed E-state index contributed by atoms with van der Waals surface area (Å²) in [5, 5.41) is 2.80. The first-order valence-electron chi connectivity index (χ1n) is 12.6. The summed E-state index contributed by atoms with van der Waals surface area (Å²) in [5.74, 6) is 0.203. The maximum Gasteiger partial charge on any atom is 0.227 e. The van der Waals surface area contributed by atoms with Crippen LogP contribution in [0.3, 0.4) is 0 Å². The molecule has 5 rings (SSSR count). The summed E-state index contributed by atoms with van der Waals surface area (Å²) in [6.45, 7) is 6.11. The fourth-order valence-electron chi connectivity index (χ4n) is 4.72. The van der Waals surface area contributed by atoms with E-state index in [0.717, 1.165) is 28.9 Å². The number of thiophene rings is 1. The zero-order valence-electron chi connectivity index (χ0n) is 21.3. The molecule has 39 heavy (non-hydrogen) atoms. The first kappa shape index (κ1) is 28.1. The second-order valence-electron chi connectivity index (χ2n) is 9.36. The zero-order valence-corrected chi connectivity index (χ0v) is 24.4. The summed E-state index contributed by atoms with van der Waals surface area (Å²) < 4.78 is 22.6. The number of carbonyl (C=O) groups excluding carboxylic acids is 1. The average molecular weight is 606 g/mol. The highest BCUT2D eigenvalue weighted by molar-refractivity contribution is 7.71. The normalized spacial score (nSPS) is 15.0. The highest BCUT2D eigenvalue weighted by atomic mass is 35.5. The summed E-state index contributed by atoms with van der Waals surface area (Å²) in [7, 11) is 0. The number of aromatic nitrogens is 2. The number of benzene rings is 2. The van der Waals surface area contributed by atoms with E-state index in [2.05, 4.69) is 4.90 Å². The number of rotatable bonds is 8. The van der Waals surface area contributed by atoms with E-state index in [9.17, 15) is 9.18 Å². The Morgan fingerprint density at radius 3 is 2.62 bits per heavy atom. The number of amides is 1. The number of morpholine rings is 1. The van der Waals surface area contributed by atoms with Crippen molar-refractivity contribution in [2.24, 2.45) is 0 Å². The van der Waals surface area contributed by atoms with Crippen molar-refractivity contribution < 1.29 is 13.9 Å². The van der Waals surface area contributed by atoms with Gasteiger partial charge in [0, 0.05) is 31.9 Å². The first-order valence-corrected chi connectivity index (χ1v) is 14.7. The summed E-state index contributed by atoms with van der Waals surface area (Å²) in [5.41, 5.74) is 2.24. The lowest BCUT2D eigenvalue weighted by Crippen LogP contribution is -2.44. The molecule has 3 heterocycles. The number of hydrogen-bond donors (Lipinski definition) is 0. The standard InChI is InChI=1S/C28H27Cl2FN4O2S2/c1-18(27-32-24-8-15-39-26(24)28(38)35(27)21-5-3-20(31)4-6-21)34(10-9-33-11-13-37-14-12-33)25(36)17-19-2-7-22(29)23(30)16-19/h2-8,15-16,18H,9-14,17H2,1H3. The number of carbonyl (C=O) groups is 1. The van der Waals surface area contributed by atoms with Crippen molar-refractivity contribution in [3.05, 3.63) is 85.8 Å². The maximum absolute atomic E-state index is 13.9. The van der Waals surface area contributed by atoms with Crippen molar-refractivity contribution >= 4 is 62.9 Å². The monoisotopic (exact) mass is 604 g/mol. The molecule has 11 heteroatoms. The number of halogens is 3. The Labute approximate surface area is 245 Å². The Morgan fingerprint density at radius 1 is 1.15 bits per heavy atom. The highest BCUT2D eigenvalue weighted by Crippen LogP contribution is 2.30. The van der Waals surface area contributed by atoms with Crippen LogP contribution in [0.2, 0.25) is 10.0 Å². The molecule has 0 saturated carbocycles. The molecule has 1 amide bonds. The number of ether oxygens (including phenoxy) is 1. The van der Waals surface area contributed by atoms with Gasteiger partial charge < -0.3 is 9.64 Å². The molecule has 2 aromatic carbocycles. The van der Waals surface area contributed by atoms with Gasteiger partial charge in [0.2, 0.25) is 5.91 Å². The summed E-state index contributed by atoms with van der Waals surface area (Å²) in [6.07, 6.45) is 0.155. The average Bonchev–Trinajstić information content (AvgIpc) is 3.41. The number of hydrogen-bond acceptors (Lipinski definition) is 6. The van der Waals surface area contributed by atoms with Crippen molar-refractivity contribution in [1.82, 2.24) is 19.4 Å². The minimum atomic E-state index is -0.433. The van der Waals surface area contributed by atoms with Crippen LogP contribution >= 0.6 is 46.8 Å². The van der Waals surface area contributed by atoms with E-state index in [0.29, 0.717) is 52.5 Å². The third-order valence-electron chi connectivity index (χ3n) is 6.85. The second kappa shape index (κ2) is 12.4. The molecule has 1 aliphatic rings. The molecule has 0 N–H and O–H groups in total. The third kappa shape index (κ3) is 6.34. The molecule has 1 fully saturated rings. The lowest BCUT2D eigenvalue weighted by atomic mass is 10.1. The Morgan fingerprint density at radius 2 is 1.90 bits per heavy atom. The number of nitrogens with zero attached hydrogens (tertiary/aromatic N) is 4. The van der Waals surface area contributed by atoms with E-state index in [4.69, 9.17) is 45.1 Å². The van der Waals surface area contributed by atoms with Crippen LogP contribution in [0.25, 0.3) is 15.9 Å². The molecule has 4 aromatic rings. The van der Waals surface area contributed by atoms with Crippen molar-refractivity contribution in [3.8, 4) is 5.69 Å². The van der Waals surface area contributed by atoms with Crippen LogP contribution in [0, 0.1) is 10.5 Å².